The van der Waals surface area contributed by atoms with Crippen molar-refractivity contribution in [3.05, 3.63) is 30.3 Å². The first-order chi connectivity index (χ1) is 18.5. The Morgan fingerprint density at radius 3 is 2.20 bits per heavy atom. The fourth-order valence-corrected chi connectivity index (χ4v) is 12.6. The highest BCUT2D eigenvalue weighted by molar-refractivity contribution is 7.92. The number of alkyl halides is 3. The first kappa shape index (κ1) is 30.3. The van der Waals surface area contributed by atoms with Crippen LogP contribution >= 0.6 is 0 Å². The van der Waals surface area contributed by atoms with Gasteiger partial charge in [-0.15, -0.1) is 0 Å². The lowest BCUT2D eigenvalue weighted by Crippen LogP contribution is -2.59. The van der Waals surface area contributed by atoms with Crippen LogP contribution < -0.4 is 0 Å². The van der Waals surface area contributed by atoms with Crippen LogP contribution in [0.3, 0.4) is 0 Å². The van der Waals surface area contributed by atoms with E-state index in [4.69, 9.17) is 0 Å². The van der Waals surface area contributed by atoms with Crippen LogP contribution in [-0.4, -0.2) is 41.8 Å². The molecule has 11 atom stereocenters. The highest BCUT2D eigenvalue weighted by atomic mass is 32.2. The number of benzene rings is 1. The highest BCUT2D eigenvalue weighted by Gasteiger charge is 2.65. The number of hydrogen-bond donors (Lipinski definition) is 2. The first-order valence-corrected chi connectivity index (χ1v) is 16.9. The minimum absolute atomic E-state index is 0.0334. The van der Waals surface area contributed by atoms with E-state index in [9.17, 15) is 31.8 Å². The Morgan fingerprint density at radius 2 is 1.57 bits per heavy atom. The first-order valence-electron chi connectivity index (χ1n) is 15.3. The molecule has 4 nitrogen and oxygen atoms in total. The van der Waals surface area contributed by atoms with E-state index in [1.807, 2.05) is 0 Å². The van der Waals surface area contributed by atoms with Gasteiger partial charge in [0.25, 0.3) is 0 Å². The average Bonchev–Trinajstić information content (AvgIpc) is 3.24. The predicted octanol–water partition coefficient (Wildman–Crippen LogP) is 7.19. The molecule has 8 heteroatoms. The Kier molecular flexibility index (Phi) is 7.78. The van der Waals surface area contributed by atoms with Crippen LogP contribution in [0.15, 0.2) is 35.2 Å². The number of hydrogen-bond acceptors (Lipinski definition) is 4. The molecule has 1 unspecified atom stereocenters. The van der Waals surface area contributed by atoms with Gasteiger partial charge in [-0.2, -0.15) is 13.2 Å². The molecule has 4 aliphatic carbocycles. The minimum atomic E-state index is -4.59. The quantitative estimate of drug-likeness (QED) is 0.371. The zero-order chi connectivity index (χ0) is 29.3. The summed E-state index contributed by atoms with van der Waals surface area (Å²) >= 11 is 0. The van der Waals surface area contributed by atoms with Gasteiger partial charge < -0.3 is 10.2 Å². The number of fused-ring (bicyclic) bond motifs is 5. The van der Waals surface area contributed by atoms with E-state index in [1.54, 1.807) is 37.3 Å². The normalized spacial score (nSPS) is 42.3. The van der Waals surface area contributed by atoms with Crippen LogP contribution in [0.25, 0.3) is 0 Å². The summed E-state index contributed by atoms with van der Waals surface area (Å²) in [5.41, 5.74) is -2.80. The van der Waals surface area contributed by atoms with Gasteiger partial charge in [-0.25, -0.2) is 8.42 Å². The van der Waals surface area contributed by atoms with Crippen molar-refractivity contribution in [1.82, 2.24) is 0 Å². The summed E-state index contributed by atoms with van der Waals surface area (Å²) in [5, 5.41) is 20.2. The maximum atomic E-state index is 13.9. The second-order valence-electron chi connectivity index (χ2n) is 14.5. The SMILES string of the molecule is C[C@H](O)CC([C@@H](C)[C@H]1CC[C@H]2[C@@H]3CC[C@H]4C[C@](O)(C(F)(F)F)CC[C@]4(C)[C@H]3CC[C@]12C)S(=O)(=O)c1ccccc1. The average molecular weight is 585 g/mol. The Bertz CT molecular complexity index is 1170. The fraction of sp³-hybridized carbons (Fsp3) is 0.812. The number of sulfone groups is 1. The molecule has 0 aromatic heterocycles. The van der Waals surface area contributed by atoms with Gasteiger partial charge in [0.1, 0.15) is 0 Å². The second-order valence-corrected chi connectivity index (χ2v) is 16.6. The van der Waals surface area contributed by atoms with Gasteiger partial charge in [-0.1, -0.05) is 39.0 Å². The third-order valence-corrected chi connectivity index (χ3v) is 14.9. The highest BCUT2D eigenvalue weighted by Crippen LogP contribution is 2.69. The van der Waals surface area contributed by atoms with Crippen molar-refractivity contribution >= 4 is 9.84 Å². The van der Waals surface area contributed by atoms with E-state index < -0.39 is 33.0 Å². The molecule has 40 heavy (non-hydrogen) atoms. The van der Waals surface area contributed by atoms with Crippen molar-refractivity contribution in [2.45, 2.75) is 120 Å². The molecule has 4 aliphatic rings. The van der Waals surface area contributed by atoms with Crippen molar-refractivity contribution in [1.29, 1.82) is 0 Å². The third kappa shape index (κ3) is 4.76. The van der Waals surface area contributed by atoms with E-state index in [2.05, 4.69) is 20.8 Å². The molecule has 0 radical (unpaired) electrons. The summed E-state index contributed by atoms with van der Waals surface area (Å²) in [6.45, 7) is 8.25. The Labute approximate surface area is 238 Å². The molecule has 0 spiro atoms. The van der Waals surface area contributed by atoms with E-state index in [1.165, 1.54) is 0 Å². The van der Waals surface area contributed by atoms with Crippen molar-refractivity contribution in [3.8, 4) is 0 Å². The molecule has 0 saturated heterocycles. The Hall–Kier alpha value is -1.12. The Morgan fingerprint density at radius 1 is 0.925 bits per heavy atom. The van der Waals surface area contributed by atoms with Crippen LogP contribution in [-0.2, 0) is 9.84 Å². The topological polar surface area (TPSA) is 74.6 Å². The van der Waals surface area contributed by atoms with Crippen molar-refractivity contribution < 1.29 is 31.8 Å². The number of aliphatic hydroxyl groups excluding tert-OH is 1. The maximum Gasteiger partial charge on any atom is 0.417 e. The van der Waals surface area contributed by atoms with Crippen molar-refractivity contribution in [2.24, 2.45) is 46.3 Å². The molecule has 0 amide bonds. The zero-order valence-corrected chi connectivity index (χ0v) is 25.1. The summed E-state index contributed by atoms with van der Waals surface area (Å²) in [5.74, 6) is 1.14. The molecule has 4 saturated carbocycles. The summed E-state index contributed by atoms with van der Waals surface area (Å²) in [6, 6.07) is 8.57. The lowest BCUT2D eigenvalue weighted by atomic mass is 9.43. The number of aliphatic hydroxyl groups is 2. The van der Waals surface area contributed by atoms with E-state index in [0.29, 0.717) is 29.1 Å². The molecule has 1 aromatic rings. The van der Waals surface area contributed by atoms with Gasteiger partial charge in [0.15, 0.2) is 15.4 Å². The fourth-order valence-electron chi connectivity index (χ4n) is 10.4. The molecule has 0 heterocycles. The molecular weight excluding hydrogens is 537 g/mol. The van der Waals surface area contributed by atoms with Crippen molar-refractivity contribution in [3.63, 3.8) is 0 Å². The second kappa shape index (κ2) is 10.3. The van der Waals surface area contributed by atoms with E-state index >= 15 is 0 Å². The van der Waals surface area contributed by atoms with Crippen LogP contribution in [0.4, 0.5) is 13.2 Å². The monoisotopic (exact) mass is 584 g/mol. The summed E-state index contributed by atoms with van der Waals surface area (Å²) in [7, 11) is -3.65. The van der Waals surface area contributed by atoms with E-state index in [-0.39, 0.29) is 47.8 Å². The van der Waals surface area contributed by atoms with Crippen LogP contribution in [0, 0.1) is 46.3 Å². The standard InChI is InChI=1S/C32H47F3O4S/c1-20(36)18-28(40(38,39)23-8-6-5-7-9-23)21(2)25-12-13-26-24-11-10-22-19-31(37,32(33,34)35)17-16-29(22,3)27(24)14-15-30(25,26)4/h5-9,20-22,24-28,36-37H,10-19H2,1-4H3/t20-,21-,22-,24-,25+,26-,27-,28?,29-,30+,31-/m0/s1. The van der Waals surface area contributed by atoms with Gasteiger partial charge in [0.05, 0.1) is 16.2 Å². The molecule has 0 bridgehead atoms. The van der Waals surface area contributed by atoms with Gasteiger partial charge >= 0.3 is 6.18 Å². The van der Waals surface area contributed by atoms with Crippen LogP contribution in [0.5, 0.6) is 0 Å². The third-order valence-electron chi connectivity index (χ3n) is 12.6. The lowest BCUT2D eigenvalue weighted by molar-refractivity contribution is -0.290. The summed E-state index contributed by atoms with van der Waals surface area (Å²) < 4.78 is 68.9. The van der Waals surface area contributed by atoms with Gasteiger partial charge in [-0.05, 0) is 130 Å². The van der Waals surface area contributed by atoms with Gasteiger partial charge in [0.2, 0.25) is 0 Å². The van der Waals surface area contributed by atoms with Crippen molar-refractivity contribution in [2.75, 3.05) is 0 Å². The molecule has 2 N–H and O–H groups in total. The minimum Gasteiger partial charge on any atom is -0.393 e. The molecule has 4 fully saturated rings. The molecule has 5 rings (SSSR count). The number of rotatable bonds is 6. The summed E-state index contributed by atoms with van der Waals surface area (Å²) in [4.78, 5) is 0.304. The molecular formula is C32H47F3O4S. The predicted molar refractivity (Wildman–Crippen MR) is 149 cm³/mol. The zero-order valence-electron chi connectivity index (χ0n) is 24.3. The van der Waals surface area contributed by atoms with E-state index in [0.717, 1.165) is 38.5 Å². The Balaban J connectivity index is 1.39. The molecule has 1 aromatic carbocycles. The van der Waals surface area contributed by atoms with Gasteiger partial charge in [0, 0.05) is 0 Å². The molecule has 0 aliphatic heterocycles. The van der Waals surface area contributed by atoms with Gasteiger partial charge in [-0.3, -0.25) is 0 Å². The molecule has 226 valence electrons. The van der Waals surface area contributed by atoms with Crippen LogP contribution in [0.1, 0.15) is 91.9 Å². The lowest BCUT2D eigenvalue weighted by Gasteiger charge is -2.62. The maximum absolute atomic E-state index is 13.9. The van der Waals surface area contributed by atoms with Crippen LogP contribution in [0.2, 0.25) is 0 Å². The summed E-state index contributed by atoms with van der Waals surface area (Å²) in [6.07, 6.45) is 0.354. The smallest absolute Gasteiger partial charge is 0.393 e. The number of halogens is 3. The largest absolute Gasteiger partial charge is 0.417 e.